The number of unbranched alkanes of at least 4 members (excludes halogenated alkanes) is 2. The molecule has 0 saturated heterocycles. The molecule has 0 radical (unpaired) electrons. The van der Waals surface area contributed by atoms with Crippen molar-refractivity contribution in [2.45, 2.75) is 39.5 Å². The molecule has 0 aliphatic heterocycles. The zero-order valence-electron chi connectivity index (χ0n) is 8.45. The van der Waals surface area contributed by atoms with E-state index in [1.54, 1.807) is 0 Å². The van der Waals surface area contributed by atoms with Gasteiger partial charge in [-0.3, -0.25) is 0 Å². The number of hydrogen-bond donors (Lipinski definition) is 1. The van der Waals surface area contributed by atoms with Gasteiger partial charge in [0.25, 0.3) is 0 Å². The van der Waals surface area contributed by atoms with Crippen LogP contribution in [0.25, 0.3) is 0 Å². The summed E-state index contributed by atoms with van der Waals surface area (Å²) in [5.41, 5.74) is 2.36. The Labute approximate surface area is 76.6 Å². The zero-order valence-corrected chi connectivity index (χ0v) is 8.45. The summed E-state index contributed by atoms with van der Waals surface area (Å²) >= 11 is 0. The molecule has 70 valence electrons. The van der Waals surface area contributed by atoms with E-state index in [1.165, 1.54) is 31.3 Å². The summed E-state index contributed by atoms with van der Waals surface area (Å²) in [7, 11) is 0. The van der Waals surface area contributed by atoms with Crippen LogP contribution in [-0.2, 0) is 0 Å². The first-order valence-electron chi connectivity index (χ1n) is 4.66. The largest absolute Gasteiger partial charge is 0.389 e. The fourth-order valence-electron chi connectivity index (χ4n) is 1.03. The lowest BCUT2D eigenvalue weighted by atomic mass is 10.1. The molecule has 1 nitrogen and oxygen atoms in total. The molecule has 0 heterocycles. The molecule has 1 N–H and O–H groups in total. The lowest BCUT2D eigenvalue weighted by molar-refractivity contribution is 0.642. The quantitative estimate of drug-likeness (QED) is 0.453. The molecule has 0 aromatic rings. The summed E-state index contributed by atoms with van der Waals surface area (Å²) < 4.78 is 0. The molecule has 0 saturated carbocycles. The molecule has 0 amide bonds. The van der Waals surface area contributed by atoms with Gasteiger partial charge in [0.2, 0.25) is 0 Å². The van der Waals surface area contributed by atoms with Crippen LogP contribution in [-0.4, -0.2) is 6.54 Å². The maximum absolute atomic E-state index is 3.87. The Morgan fingerprint density at radius 2 is 1.75 bits per heavy atom. The number of hydrogen-bond acceptors (Lipinski definition) is 1. The van der Waals surface area contributed by atoms with Gasteiger partial charge in [0.15, 0.2) is 0 Å². The minimum atomic E-state index is 1.06. The lowest BCUT2D eigenvalue weighted by Crippen LogP contribution is -2.11. The number of nitrogens with one attached hydrogen (secondary N) is 1. The van der Waals surface area contributed by atoms with Gasteiger partial charge in [-0.1, -0.05) is 18.6 Å². The second-order valence-electron chi connectivity index (χ2n) is 3.47. The average molecular weight is 167 g/mol. The Morgan fingerprint density at radius 3 is 2.25 bits per heavy atom. The Balaban J connectivity index is 3.01. The van der Waals surface area contributed by atoms with Crippen LogP contribution >= 0.6 is 0 Å². The Bertz CT molecular complexity index is 129. The van der Waals surface area contributed by atoms with Gasteiger partial charge in [-0.25, -0.2) is 0 Å². The highest BCUT2D eigenvalue weighted by atomic mass is 14.9. The van der Waals surface area contributed by atoms with Crippen molar-refractivity contribution in [3.8, 4) is 0 Å². The molecular formula is C11H21N. The van der Waals surface area contributed by atoms with E-state index < -0.39 is 0 Å². The molecule has 0 aliphatic carbocycles. The van der Waals surface area contributed by atoms with Crippen molar-refractivity contribution in [3.05, 3.63) is 24.4 Å². The van der Waals surface area contributed by atoms with Crippen molar-refractivity contribution in [2.24, 2.45) is 0 Å². The van der Waals surface area contributed by atoms with E-state index in [0.717, 1.165) is 12.2 Å². The summed E-state index contributed by atoms with van der Waals surface area (Å²) in [4.78, 5) is 0. The van der Waals surface area contributed by atoms with E-state index in [0.29, 0.717) is 0 Å². The molecule has 0 bridgehead atoms. The average Bonchev–Trinajstić information content (AvgIpc) is 1.95. The van der Waals surface area contributed by atoms with E-state index in [1.807, 2.05) is 6.92 Å². The van der Waals surface area contributed by atoms with Crippen LogP contribution < -0.4 is 5.32 Å². The van der Waals surface area contributed by atoms with Crippen LogP contribution in [0.4, 0.5) is 0 Å². The van der Waals surface area contributed by atoms with Gasteiger partial charge >= 0.3 is 0 Å². The van der Waals surface area contributed by atoms with Crippen molar-refractivity contribution in [3.63, 3.8) is 0 Å². The summed E-state index contributed by atoms with van der Waals surface area (Å²) in [6.07, 6.45) is 4.97. The molecule has 0 fully saturated rings. The van der Waals surface area contributed by atoms with Gasteiger partial charge < -0.3 is 5.32 Å². The molecule has 0 atom stereocenters. The molecular weight excluding hydrogens is 146 g/mol. The van der Waals surface area contributed by atoms with Gasteiger partial charge in [0.05, 0.1) is 0 Å². The first-order valence-corrected chi connectivity index (χ1v) is 4.66. The van der Waals surface area contributed by atoms with Gasteiger partial charge in [0, 0.05) is 12.2 Å². The van der Waals surface area contributed by atoms with Crippen LogP contribution in [0.1, 0.15) is 39.5 Å². The second kappa shape index (κ2) is 6.96. The highest BCUT2D eigenvalue weighted by Crippen LogP contribution is 2.05. The van der Waals surface area contributed by atoms with Crippen molar-refractivity contribution >= 4 is 0 Å². The third-order valence-electron chi connectivity index (χ3n) is 1.71. The maximum Gasteiger partial charge on any atom is 0.0143 e. The van der Waals surface area contributed by atoms with E-state index in [-0.39, 0.29) is 0 Å². The summed E-state index contributed by atoms with van der Waals surface area (Å²) in [5, 5.41) is 3.22. The molecule has 0 aromatic carbocycles. The molecule has 0 aromatic heterocycles. The summed E-state index contributed by atoms with van der Waals surface area (Å²) in [6, 6.07) is 0. The Morgan fingerprint density at radius 1 is 1.08 bits per heavy atom. The van der Waals surface area contributed by atoms with E-state index in [2.05, 4.69) is 25.4 Å². The molecule has 0 unspecified atom stereocenters. The van der Waals surface area contributed by atoms with Gasteiger partial charge in [-0.15, -0.1) is 6.58 Å². The van der Waals surface area contributed by atoms with Crippen LogP contribution in [0.3, 0.4) is 0 Å². The van der Waals surface area contributed by atoms with E-state index in [9.17, 15) is 0 Å². The monoisotopic (exact) mass is 167 g/mol. The predicted molar refractivity (Wildman–Crippen MR) is 56.1 cm³/mol. The smallest absolute Gasteiger partial charge is 0.0143 e. The predicted octanol–water partition coefficient (Wildman–Crippen LogP) is 3.25. The third-order valence-corrected chi connectivity index (χ3v) is 1.71. The normalized spacial score (nSPS) is 9.50. The Hall–Kier alpha value is -0.720. The topological polar surface area (TPSA) is 12.0 Å². The summed E-state index contributed by atoms with van der Waals surface area (Å²) in [6.45, 7) is 12.8. The van der Waals surface area contributed by atoms with E-state index >= 15 is 0 Å². The standard InChI is InChI=1S/C11H21N/c1-10(2)8-6-5-7-9-12-11(3)4/h12H,1,3,5-9H2,2,4H3. The van der Waals surface area contributed by atoms with Gasteiger partial charge in [0.1, 0.15) is 0 Å². The third kappa shape index (κ3) is 9.28. The molecule has 0 rings (SSSR count). The molecule has 0 spiro atoms. The minimum absolute atomic E-state index is 1.06. The van der Waals surface area contributed by atoms with Crippen molar-refractivity contribution in [1.82, 2.24) is 5.32 Å². The molecule has 0 aliphatic rings. The van der Waals surface area contributed by atoms with Crippen molar-refractivity contribution in [1.29, 1.82) is 0 Å². The number of allylic oxidation sites excluding steroid dienone is 2. The minimum Gasteiger partial charge on any atom is -0.389 e. The number of rotatable bonds is 7. The zero-order chi connectivity index (χ0) is 9.40. The maximum atomic E-state index is 3.87. The first-order chi connectivity index (χ1) is 5.63. The molecule has 12 heavy (non-hydrogen) atoms. The van der Waals surface area contributed by atoms with E-state index in [4.69, 9.17) is 0 Å². The Kier molecular flexibility index (Phi) is 6.54. The van der Waals surface area contributed by atoms with Crippen LogP contribution in [0.15, 0.2) is 24.4 Å². The highest BCUT2D eigenvalue weighted by molar-refractivity contribution is 4.87. The first kappa shape index (κ1) is 11.3. The van der Waals surface area contributed by atoms with Crippen LogP contribution in [0.2, 0.25) is 0 Å². The fraction of sp³-hybridized carbons (Fsp3) is 0.636. The van der Waals surface area contributed by atoms with Crippen LogP contribution in [0.5, 0.6) is 0 Å². The van der Waals surface area contributed by atoms with Crippen LogP contribution in [0, 0.1) is 0 Å². The van der Waals surface area contributed by atoms with Crippen molar-refractivity contribution < 1.29 is 0 Å². The SMILES string of the molecule is C=C(C)CCCCCNC(=C)C. The highest BCUT2D eigenvalue weighted by Gasteiger charge is 1.89. The second-order valence-corrected chi connectivity index (χ2v) is 3.47. The van der Waals surface area contributed by atoms with Gasteiger partial charge in [-0.2, -0.15) is 0 Å². The molecule has 1 heteroatoms. The lowest BCUT2D eigenvalue weighted by Gasteiger charge is -2.04. The summed E-state index contributed by atoms with van der Waals surface area (Å²) in [5.74, 6) is 0. The fourth-order valence-corrected chi connectivity index (χ4v) is 1.03. The van der Waals surface area contributed by atoms with Gasteiger partial charge in [-0.05, 0) is 33.1 Å². The van der Waals surface area contributed by atoms with Crippen molar-refractivity contribution in [2.75, 3.05) is 6.54 Å².